The zero-order chi connectivity index (χ0) is 27.7. The van der Waals surface area contributed by atoms with Crippen molar-refractivity contribution in [1.82, 2.24) is 9.80 Å². The van der Waals surface area contributed by atoms with Gasteiger partial charge in [-0.15, -0.1) is 0 Å². The van der Waals surface area contributed by atoms with Crippen molar-refractivity contribution in [2.45, 2.75) is 77.4 Å². The standard InChI is InChI=1S/C32H46N2O5/c1-25-10-12-28(26(2)21-25)39-24-32(36)14-7-16-33(19-15-32)23-27-11-13-29(37-3)30(22-27)38-20-8-18-34-17-6-4-5-9-31(34)35/h10-13,21-22,36H,4-9,14-20,23-24H2,1-3H3/t32-/m0/s1. The van der Waals surface area contributed by atoms with E-state index < -0.39 is 5.60 Å². The van der Waals surface area contributed by atoms with Gasteiger partial charge in [0.1, 0.15) is 12.4 Å². The number of amides is 1. The Morgan fingerprint density at radius 1 is 0.897 bits per heavy atom. The molecular formula is C32H46N2O5. The van der Waals surface area contributed by atoms with Gasteiger partial charge in [0, 0.05) is 32.6 Å². The first-order chi connectivity index (χ1) is 18.8. The molecule has 1 amide bonds. The van der Waals surface area contributed by atoms with Crippen molar-refractivity contribution < 1.29 is 24.1 Å². The summed E-state index contributed by atoms with van der Waals surface area (Å²) < 4.78 is 17.7. The van der Waals surface area contributed by atoms with Crippen LogP contribution in [0.25, 0.3) is 0 Å². The molecule has 1 atom stereocenters. The molecule has 214 valence electrons. The summed E-state index contributed by atoms with van der Waals surface area (Å²) in [6.45, 7) is 9.10. The van der Waals surface area contributed by atoms with Crippen LogP contribution in [0.5, 0.6) is 17.2 Å². The number of aryl methyl sites for hydroxylation is 2. The largest absolute Gasteiger partial charge is 0.493 e. The van der Waals surface area contributed by atoms with Gasteiger partial charge in [-0.25, -0.2) is 0 Å². The molecule has 2 heterocycles. The van der Waals surface area contributed by atoms with Crippen LogP contribution in [0.3, 0.4) is 0 Å². The van der Waals surface area contributed by atoms with Crippen LogP contribution in [0.4, 0.5) is 0 Å². The second-order valence-corrected chi connectivity index (χ2v) is 11.3. The van der Waals surface area contributed by atoms with Crippen LogP contribution in [0, 0.1) is 13.8 Å². The van der Waals surface area contributed by atoms with E-state index in [2.05, 4.69) is 30.0 Å². The van der Waals surface area contributed by atoms with E-state index in [1.807, 2.05) is 30.0 Å². The van der Waals surface area contributed by atoms with E-state index in [-0.39, 0.29) is 5.91 Å². The highest BCUT2D eigenvalue weighted by molar-refractivity contribution is 5.76. The fourth-order valence-electron chi connectivity index (χ4n) is 5.61. The number of nitrogens with zero attached hydrogens (tertiary/aromatic N) is 2. The van der Waals surface area contributed by atoms with Crippen molar-refractivity contribution >= 4 is 5.91 Å². The second-order valence-electron chi connectivity index (χ2n) is 11.3. The highest BCUT2D eigenvalue weighted by Crippen LogP contribution is 2.30. The van der Waals surface area contributed by atoms with E-state index in [4.69, 9.17) is 14.2 Å². The highest BCUT2D eigenvalue weighted by atomic mass is 16.5. The van der Waals surface area contributed by atoms with Gasteiger partial charge in [-0.1, -0.05) is 30.2 Å². The van der Waals surface area contributed by atoms with Crippen LogP contribution in [-0.2, 0) is 11.3 Å². The van der Waals surface area contributed by atoms with Crippen molar-refractivity contribution in [1.29, 1.82) is 0 Å². The molecule has 0 saturated carbocycles. The molecule has 2 aliphatic heterocycles. The lowest BCUT2D eigenvalue weighted by atomic mass is 9.96. The van der Waals surface area contributed by atoms with Crippen LogP contribution in [-0.4, -0.2) is 72.9 Å². The first-order valence-electron chi connectivity index (χ1n) is 14.6. The van der Waals surface area contributed by atoms with Gasteiger partial charge in [-0.2, -0.15) is 0 Å². The molecule has 2 saturated heterocycles. The number of aliphatic hydroxyl groups is 1. The fourth-order valence-corrected chi connectivity index (χ4v) is 5.61. The number of hydrogen-bond donors (Lipinski definition) is 1. The summed E-state index contributed by atoms with van der Waals surface area (Å²) in [5, 5.41) is 11.3. The molecule has 0 radical (unpaired) electrons. The summed E-state index contributed by atoms with van der Waals surface area (Å²) >= 11 is 0. The van der Waals surface area contributed by atoms with Crippen molar-refractivity contribution in [3.63, 3.8) is 0 Å². The van der Waals surface area contributed by atoms with Gasteiger partial charge < -0.3 is 24.2 Å². The van der Waals surface area contributed by atoms with Gasteiger partial charge in [0.25, 0.3) is 0 Å². The summed E-state index contributed by atoms with van der Waals surface area (Å²) in [5.41, 5.74) is 2.64. The summed E-state index contributed by atoms with van der Waals surface area (Å²) in [4.78, 5) is 16.6. The third-order valence-corrected chi connectivity index (χ3v) is 7.97. The van der Waals surface area contributed by atoms with E-state index in [9.17, 15) is 9.90 Å². The number of carbonyl (C=O) groups excluding carboxylic acids is 1. The quantitative estimate of drug-likeness (QED) is 0.393. The molecule has 2 aliphatic rings. The van der Waals surface area contributed by atoms with Crippen molar-refractivity contribution in [2.75, 3.05) is 46.5 Å². The Morgan fingerprint density at radius 2 is 1.74 bits per heavy atom. The van der Waals surface area contributed by atoms with Crippen LogP contribution in [0.15, 0.2) is 36.4 Å². The first kappa shape index (κ1) is 29.2. The first-order valence-corrected chi connectivity index (χ1v) is 14.6. The maximum absolute atomic E-state index is 12.2. The maximum atomic E-state index is 12.2. The van der Waals surface area contributed by atoms with Crippen molar-refractivity contribution in [3.05, 3.63) is 53.1 Å². The molecule has 39 heavy (non-hydrogen) atoms. The fraction of sp³-hybridized carbons (Fsp3) is 0.594. The number of carbonyl (C=O) groups is 1. The number of ether oxygens (including phenoxy) is 3. The van der Waals surface area contributed by atoms with Gasteiger partial charge in [0.15, 0.2) is 11.5 Å². The Hall–Kier alpha value is -2.77. The minimum Gasteiger partial charge on any atom is -0.493 e. The van der Waals surface area contributed by atoms with Gasteiger partial charge in [-0.05, 0) is 88.2 Å². The van der Waals surface area contributed by atoms with E-state index >= 15 is 0 Å². The average Bonchev–Trinajstić information content (AvgIpc) is 3.24. The molecule has 7 heteroatoms. The third kappa shape index (κ3) is 8.61. The Morgan fingerprint density at radius 3 is 2.56 bits per heavy atom. The smallest absolute Gasteiger partial charge is 0.222 e. The van der Waals surface area contributed by atoms with E-state index in [1.165, 1.54) is 5.56 Å². The molecule has 1 N–H and O–H groups in total. The minimum atomic E-state index is -0.824. The van der Waals surface area contributed by atoms with E-state index in [0.717, 1.165) is 99.6 Å². The summed E-state index contributed by atoms with van der Waals surface area (Å²) in [5.74, 6) is 2.58. The average molecular weight is 539 g/mol. The molecule has 0 unspecified atom stereocenters. The molecule has 0 aliphatic carbocycles. The molecule has 0 spiro atoms. The summed E-state index contributed by atoms with van der Waals surface area (Å²) in [7, 11) is 1.66. The SMILES string of the molecule is COc1ccc(CN2CCC[C@@](O)(COc3ccc(C)cc3C)CC2)cc1OCCCN1CCCCCC1=O. The second kappa shape index (κ2) is 14.0. The Bertz CT molecular complexity index is 1090. The Balaban J connectivity index is 1.27. The monoisotopic (exact) mass is 538 g/mol. The van der Waals surface area contributed by atoms with E-state index in [0.29, 0.717) is 26.1 Å². The molecule has 0 aromatic heterocycles. The lowest BCUT2D eigenvalue weighted by Gasteiger charge is -2.27. The number of rotatable bonds is 11. The summed E-state index contributed by atoms with van der Waals surface area (Å²) in [6, 6.07) is 12.3. The van der Waals surface area contributed by atoms with Gasteiger partial charge in [0.2, 0.25) is 5.91 Å². The molecular weight excluding hydrogens is 492 g/mol. The molecule has 4 rings (SSSR count). The van der Waals surface area contributed by atoms with Gasteiger partial charge >= 0.3 is 0 Å². The Labute approximate surface area is 234 Å². The van der Waals surface area contributed by atoms with Crippen molar-refractivity contribution in [3.8, 4) is 17.2 Å². The summed E-state index contributed by atoms with van der Waals surface area (Å²) in [6.07, 6.45) is 7.03. The Kier molecular flexibility index (Phi) is 10.5. The molecule has 2 aromatic carbocycles. The van der Waals surface area contributed by atoms with Crippen LogP contribution < -0.4 is 14.2 Å². The third-order valence-electron chi connectivity index (χ3n) is 7.97. The van der Waals surface area contributed by atoms with Crippen LogP contribution >= 0.6 is 0 Å². The topological polar surface area (TPSA) is 71.5 Å². The minimum absolute atomic E-state index is 0.272. The lowest BCUT2D eigenvalue weighted by molar-refractivity contribution is -0.130. The van der Waals surface area contributed by atoms with E-state index in [1.54, 1.807) is 7.11 Å². The lowest BCUT2D eigenvalue weighted by Crippen LogP contribution is -2.37. The van der Waals surface area contributed by atoms with Crippen LogP contribution in [0.2, 0.25) is 0 Å². The predicted molar refractivity (Wildman–Crippen MR) is 154 cm³/mol. The number of benzene rings is 2. The normalized spacial score (nSPS) is 20.8. The van der Waals surface area contributed by atoms with Crippen LogP contribution in [0.1, 0.15) is 68.1 Å². The zero-order valence-corrected chi connectivity index (χ0v) is 24.0. The van der Waals surface area contributed by atoms with Crippen molar-refractivity contribution in [2.24, 2.45) is 0 Å². The number of likely N-dealkylation sites (tertiary alicyclic amines) is 2. The highest BCUT2D eigenvalue weighted by Gasteiger charge is 2.31. The molecule has 2 aromatic rings. The maximum Gasteiger partial charge on any atom is 0.222 e. The zero-order valence-electron chi connectivity index (χ0n) is 24.0. The molecule has 0 bridgehead atoms. The number of hydrogen-bond acceptors (Lipinski definition) is 6. The molecule has 7 nitrogen and oxygen atoms in total. The van der Waals surface area contributed by atoms with Gasteiger partial charge in [0.05, 0.1) is 19.3 Å². The molecule has 2 fully saturated rings. The van der Waals surface area contributed by atoms with Gasteiger partial charge in [-0.3, -0.25) is 9.69 Å². The predicted octanol–water partition coefficient (Wildman–Crippen LogP) is 5.28. The number of methoxy groups -OCH3 is 1.